The molecule has 8 heteroatoms. The summed E-state index contributed by atoms with van der Waals surface area (Å²) in [4.78, 5) is 12.4. The third-order valence-electron chi connectivity index (χ3n) is 4.57. The van der Waals surface area contributed by atoms with E-state index in [1.165, 1.54) is 11.8 Å². The van der Waals surface area contributed by atoms with Crippen LogP contribution in [0.3, 0.4) is 0 Å². The third-order valence-corrected chi connectivity index (χ3v) is 5.59. The number of ether oxygens (including phenoxy) is 2. The maximum Gasteiger partial charge on any atom is 0.234 e. The van der Waals surface area contributed by atoms with Gasteiger partial charge in [-0.05, 0) is 44.5 Å². The molecule has 0 aliphatic carbocycles. The van der Waals surface area contributed by atoms with E-state index >= 15 is 0 Å². The Morgan fingerprint density at radius 1 is 1.17 bits per heavy atom. The number of nitrogens with one attached hydrogen (secondary N) is 1. The molecule has 0 fully saturated rings. The summed E-state index contributed by atoms with van der Waals surface area (Å²) < 4.78 is 13.0. The molecule has 0 bridgehead atoms. The molecule has 3 rings (SSSR count). The molecule has 3 aromatic rings. The van der Waals surface area contributed by atoms with Gasteiger partial charge in [-0.2, -0.15) is 0 Å². The second kappa shape index (κ2) is 9.67. The average Bonchev–Trinajstić information content (AvgIpc) is 3.09. The lowest BCUT2D eigenvalue weighted by molar-refractivity contribution is -0.113. The Balaban J connectivity index is 1.59. The van der Waals surface area contributed by atoms with Crippen molar-refractivity contribution in [2.24, 2.45) is 7.05 Å². The highest BCUT2D eigenvalue weighted by atomic mass is 32.2. The van der Waals surface area contributed by atoms with Crippen LogP contribution in [-0.4, -0.2) is 33.5 Å². The molecule has 1 amide bonds. The summed E-state index contributed by atoms with van der Waals surface area (Å²) in [5.74, 6) is 2.24. The highest BCUT2D eigenvalue weighted by Crippen LogP contribution is 2.26. The van der Waals surface area contributed by atoms with Crippen molar-refractivity contribution in [1.82, 2.24) is 14.8 Å². The van der Waals surface area contributed by atoms with Gasteiger partial charge in [-0.1, -0.05) is 35.5 Å². The molecular weight excluding hydrogens is 400 g/mol. The molecule has 0 saturated carbocycles. The SMILES string of the molecule is COc1cccc(OC(C)c2nnc(SCC(=O)Nc3ccc(C)cc3C)n2C)c1. The molecule has 1 aromatic heterocycles. The summed E-state index contributed by atoms with van der Waals surface area (Å²) in [6, 6.07) is 13.4. The zero-order chi connectivity index (χ0) is 21.7. The number of anilines is 1. The minimum atomic E-state index is -0.312. The zero-order valence-electron chi connectivity index (χ0n) is 17.8. The first-order chi connectivity index (χ1) is 14.4. The van der Waals surface area contributed by atoms with E-state index in [2.05, 4.69) is 15.5 Å². The standard InChI is InChI=1S/C22H26N4O3S/c1-14-9-10-19(15(2)11-14)23-20(27)13-30-22-25-24-21(26(22)4)16(3)29-18-8-6-7-17(12-18)28-5/h6-12,16H,13H2,1-5H3,(H,23,27). The predicted octanol–water partition coefficient (Wildman–Crippen LogP) is 4.31. The third kappa shape index (κ3) is 5.33. The maximum atomic E-state index is 12.4. The average molecular weight is 427 g/mol. The van der Waals surface area contributed by atoms with E-state index < -0.39 is 0 Å². The number of amides is 1. The lowest BCUT2D eigenvalue weighted by Gasteiger charge is -2.15. The Kier molecular flexibility index (Phi) is 6.99. The van der Waals surface area contributed by atoms with Crippen molar-refractivity contribution in [3.63, 3.8) is 0 Å². The number of hydrogen-bond donors (Lipinski definition) is 1. The predicted molar refractivity (Wildman–Crippen MR) is 118 cm³/mol. The molecule has 1 heterocycles. The lowest BCUT2D eigenvalue weighted by Crippen LogP contribution is -2.15. The number of aromatic nitrogens is 3. The summed E-state index contributed by atoms with van der Waals surface area (Å²) in [5.41, 5.74) is 3.03. The van der Waals surface area contributed by atoms with E-state index in [4.69, 9.17) is 9.47 Å². The van der Waals surface area contributed by atoms with Crippen LogP contribution >= 0.6 is 11.8 Å². The fourth-order valence-corrected chi connectivity index (χ4v) is 3.73. The Hall–Kier alpha value is -3.00. The smallest absolute Gasteiger partial charge is 0.234 e. The van der Waals surface area contributed by atoms with E-state index in [9.17, 15) is 4.79 Å². The van der Waals surface area contributed by atoms with E-state index in [-0.39, 0.29) is 17.8 Å². The number of nitrogens with zero attached hydrogens (tertiary/aromatic N) is 3. The van der Waals surface area contributed by atoms with Gasteiger partial charge < -0.3 is 19.4 Å². The second-order valence-electron chi connectivity index (χ2n) is 6.99. The van der Waals surface area contributed by atoms with Gasteiger partial charge in [0, 0.05) is 18.8 Å². The minimum Gasteiger partial charge on any atom is -0.497 e. The quantitative estimate of drug-likeness (QED) is 0.541. The Morgan fingerprint density at radius 2 is 1.93 bits per heavy atom. The number of aryl methyl sites for hydroxylation is 2. The number of thioether (sulfide) groups is 1. The monoisotopic (exact) mass is 426 g/mol. The highest BCUT2D eigenvalue weighted by molar-refractivity contribution is 7.99. The number of carbonyl (C=O) groups excluding carboxylic acids is 1. The fraction of sp³-hybridized carbons (Fsp3) is 0.318. The van der Waals surface area contributed by atoms with Gasteiger partial charge in [0.15, 0.2) is 17.1 Å². The molecule has 0 aliphatic rings. The van der Waals surface area contributed by atoms with Gasteiger partial charge in [0.1, 0.15) is 11.5 Å². The van der Waals surface area contributed by atoms with Crippen LogP contribution in [0.1, 0.15) is 30.0 Å². The van der Waals surface area contributed by atoms with Crippen LogP contribution in [0.2, 0.25) is 0 Å². The van der Waals surface area contributed by atoms with Gasteiger partial charge in [-0.25, -0.2) is 0 Å². The molecule has 0 aliphatic heterocycles. The van der Waals surface area contributed by atoms with Crippen LogP contribution in [-0.2, 0) is 11.8 Å². The maximum absolute atomic E-state index is 12.4. The normalized spacial score (nSPS) is 11.8. The van der Waals surface area contributed by atoms with Crippen molar-refractivity contribution in [3.8, 4) is 11.5 Å². The van der Waals surface area contributed by atoms with Crippen LogP contribution in [0.25, 0.3) is 0 Å². The molecular formula is C22H26N4O3S. The Morgan fingerprint density at radius 3 is 2.67 bits per heavy atom. The molecule has 1 N–H and O–H groups in total. The Bertz CT molecular complexity index is 1030. The first-order valence-electron chi connectivity index (χ1n) is 9.57. The molecule has 158 valence electrons. The molecule has 2 aromatic carbocycles. The Labute approximate surface area is 180 Å². The molecule has 0 radical (unpaired) electrons. The van der Waals surface area contributed by atoms with Gasteiger partial charge in [-0.15, -0.1) is 10.2 Å². The van der Waals surface area contributed by atoms with Gasteiger partial charge >= 0.3 is 0 Å². The first-order valence-corrected chi connectivity index (χ1v) is 10.6. The van der Waals surface area contributed by atoms with Gasteiger partial charge in [0.25, 0.3) is 0 Å². The van der Waals surface area contributed by atoms with Gasteiger partial charge in [-0.3, -0.25) is 4.79 Å². The van der Waals surface area contributed by atoms with Crippen molar-refractivity contribution < 1.29 is 14.3 Å². The fourth-order valence-electron chi connectivity index (χ4n) is 3.01. The summed E-state index contributed by atoms with van der Waals surface area (Å²) in [6.07, 6.45) is -0.312. The van der Waals surface area contributed by atoms with Crippen molar-refractivity contribution >= 4 is 23.4 Å². The molecule has 1 unspecified atom stereocenters. The molecule has 0 spiro atoms. The summed E-state index contributed by atoms with van der Waals surface area (Å²) in [7, 11) is 3.48. The molecule has 7 nitrogen and oxygen atoms in total. The number of hydrogen-bond acceptors (Lipinski definition) is 6. The van der Waals surface area contributed by atoms with Gasteiger partial charge in [0.05, 0.1) is 12.9 Å². The minimum absolute atomic E-state index is 0.0859. The van der Waals surface area contributed by atoms with Crippen molar-refractivity contribution in [3.05, 3.63) is 59.4 Å². The van der Waals surface area contributed by atoms with Crippen LogP contribution in [0.15, 0.2) is 47.6 Å². The van der Waals surface area contributed by atoms with Crippen molar-refractivity contribution in [2.45, 2.75) is 32.0 Å². The topological polar surface area (TPSA) is 78.3 Å². The lowest BCUT2D eigenvalue weighted by atomic mass is 10.1. The number of rotatable bonds is 8. The van der Waals surface area contributed by atoms with Crippen LogP contribution in [0, 0.1) is 13.8 Å². The van der Waals surface area contributed by atoms with E-state index in [0.29, 0.717) is 16.7 Å². The first kappa shape index (κ1) is 21.7. The number of carbonyl (C=O) groups is 1. The van der Waals surface area contributed by atoms with Crippen LogP contribution < -0.4 is 14.8 Å². The highest BCUT2D eigenvalue weighted by Gasteiger charge is 2.18. The molecule has 0 saturated heterocycles. The van der Waals surface area contributed by atoms with Crippen molar-refractivity contribution in [1.29, 1.82) is 0 Å². The zero-order valence-corrected chi connectivity index (χ0v) is 18.6. The summed E-state index contributed by atoms with van der Waals surface area (Å²) in [5, 5.41) is 12.1. The number of benzene rings is 2. The summed E-state index contributed by atoms with van der Waals surface area (Å²) in [6.45, 7) is 5.92. The van der Waals surface area contributed by atoms with Crippen LogP contribution in [0.5, 0.6) is 11.5 Å². The van der Waals surface area contributed by atoms with Crippen molar-refractivity contribution in [2.75, 3.05) is 18.2 Å². The molecule has 30 heavy (non-hydrogen) atoms. The van der Waals surface area contributed by atoms with Gasteiger partial charge in [0.2, 0.25) is 5.91 Å². The van der Waals surface area contributed by atoms with E-state index in [0.717, 1.165) is 22.6 Å². The number of methoxy groups -OCH3 is 1. The molecule has 1 atom stereocenters. The van der Waals surface area contributed by atoms with E-state index in [1.54, 1.807) is 7.11 Å². The van der Waals surface area contributed by atoms with E-state index in [1.807, 2.05) is 74.9 Å². The second-order valence-corrected chi connectivity index (χ2v) is 7.94. The summed E-state index contributed by atoms with van der Waals surface area (Å²) >= 11 is 1.34. The van der Waals surface area contributed by atoms with Crippen LogP contribution in [0.4, 0.5) is 5.69 Å². The largest absolute Gasteiger partial charge is 0.497 e.